The van der Waals surface area contributed by atoms with Crippen LogP contribution in [0.25, 0.3) is 0 Å². The molecule has 1 aromatic rings. The molecule has 0 heterocycles. The van der Waals surface area contributed by atoms with Gasteiger partial charge in [0.25, 0.3) is 0 Å². The minimum Gasteiger partial charge on any atom is -0.293 e. The Morgan fingerprint density at radius 1 is 1.22 bits per heavy atom. The minimum atomic E-state index is -2.77. The van der Waals surface area contributed by atoms with E-state index in [1.807, 2.05) is 13.8 Å². The van der Waals surface area contributed by atoms with E-state index in [0.717, 1.165) is 5.57 Å². The largest absolute Gasteiger partial charge is 0.293 e. The first-order valence-corrected chi connectivity index (χ1v) is 8.17. The Morgan fingerprint density at radius 3 is 2.52 bits per heavy atom. The van der Waals surface area contributed by atoms with Crippen molar-refractivity contribution in [3.05, 3.63) is 46.9 Å². The highest BCUT2D eigenvalue weighted by atomic mass is 16.1. The smallest absolute Gasteiger partial charge is 0.171 e. The van der Waals surface area contributed by atoms with Crippen LogP contribution < -0.4 is 0 Å². The van der Waals surface area contributed by atoms with Gasteiger partial charge in [-0.3, -0.25) is 9.59 Å². The van der Waals surface area contributed by atoms with Crippen molar-refractivity contribution in [1.82, 2.24) is 0 Å². The van der Waals surface area contributed by atoms with Crippen molar-refractivity contribution in [3.63, 3.8) is 0 Å². The molecule has 3 aliphatic rings. The Bertz CT molecular complexity index is 1020. The highest BCUT2D eigenvalue weighted by Crippen LogP contribution is 2.71. The molecular weight excluding hydrogens is 284 g/mol. The van der Waals surface area contributed by atoms with Gasteiger partial charge in [0.15, 0.2) is 11.6 Å². The highest BCUT2D eigenvalue weighted by Gasteiger charge is 2.72. The maximum absolute atomic E-state index is 14.1. The Balaban J connectivity index is 2.17. The first-order chi connectivity index (χ1) is 13.8. The maximum atomic E-state index is 14.1. The summed E-state index contributed by atoms with van der Waals surface area (Å²) < 4.78 is 57.9. The number of fused-ring (bicyclic) bond motifs is 6. The molecule has 23 heavy (non-hydrogen) atoms. The predicted molar refractivity (Wildman–Crippen MR) is 90.5 cm³/mol. The van der Waals surface area contributed by atoms with Gasteiger partial charge in [0.05, 0.1) is 10.9 Å². The van der Waals surface area contributed by atoms with Crippen LogP contribution in [0.1, 0.15) is 76.7 Å². The van der Waals surface area contributed by atoms with E-state index in [2.05, 4.69) is 0 Å². The van der Waals surface area contributed by atoms with Gasteiger partial charge in [-0.1, -0.05) is 42.7 Å². The van der Waals surface area contributed by atoms with E-state index in [9.17, 15) is 9.59 Å². The van der Waals surface area contributed by atoms with Crippen LogP contribution in [0, 0.1) is 22.7 Å². The number of Topliss-reactive ketones (excluding diaryl/α,β-unsaturated/α-hetero) is 2. The van der Waals surface area contributed by atoms with Crippen LogP contribution in [0.15, 0.2) is 35.8 Å². The van der Waals surface area contributed by atoms with Gasteiger partial charge in [0, 0.05) is 20.7 Å². The lowest BCUT2D eigenvalue weighted by Gasteiger charge is -2.52. The van der Waals surface area contributed by atoms with Gasteiger partial charge in [-0.2, -0.15) is 0 Å². The lowest BCUT2D eigenvalue weighted by molar-refractivity contribution is 0.00418. The molecule has 0 N–H and O–H groups in total. The van der Waals surface area contributed by atoms with Gasteiger partial charge in [0.2, 0.25) is 0 Å². The number of ketones is 2. The molecule has 0 aromatic heterocycles. The van der Waals surface area contributed by atoms with Gasteiger partial charge < -0.3 is 0 Å². The Morgan fingerprint density at radius 2 is 1.87 bits per heavy atom. The summed E-state index contributed by atoms with van der Waals surface area (Å²) in [5.41, 5.74) is -3.35. The quantitative estimate of drug-likeness (QED) is 0.731. The molecule has 0 amide bonds. The van der Waals surface area contributed by atoms with Gasteiger partial charge in [0.1, 0.15) is 0 Å². The predicted octanol–water partition coefficient (Wildman–Crippen LogP) is 4.84. The van der Waals surface area contributed by atoms with E-state index in [-0.39, 0.29) is 17.9 Å². The molecule has 2 heteroatoms. The topological polar surface area (TPSA) is 34.1 Å². The molecule has 2 bridgehead atoms. The number of hydrogen-bond donors (Lipinski definition) is 0. The number of carbonyl (C=O) groups excluding carboxylic acids is 2. The zero-order valence-electron chi connectivity index (χ0n) is 20.4. The zero-order chi connectivity index (χ0) is 22.4. The van der Waals surface area contributed by atoms with Crippen molar-refractivity contribution in [2.45, 2.75) is 46.4 Å². The maximum Gasteiger partial charge on any atom is 0.171 e. The average molecular weight is 315 g/mol. The van der Waals surface area contributed by atoms with Crippen molar-refractivity contribution in [2.75, 3.05) is 0 Å². The third-order valence-electron chi connectivity index (χ3n) is 6.18. The second kappa shape index (κ2) is 4.66. The minimum absolute atomic E-state index is 0.0850. The van der Waals surface area contributed by atoms with Crippen molar-refractivity contribution >= 4 is 11.6 Å². The van der Waals surface area contributed by atoms with Crippen LogP contribution in [0.4, 0.5) is 0 Å². The summed E-state index contributed by atoms with van der Waals surface area (Å²) in [6.07, 6.45) is 3.49. The molecule has 2 saturated carbocycles. The number of benzene rings is 1. The second-order valence-corrected chi connectivity index (χ2v) is 7.38. The summed E-state index contributed by atoms with van der Waals surface area (Å²) in [7, 11) is 0. The molecule has 2 fully saturated rings. The summed E-state index contributed by atoms with van der Waals surface area (Å²) in [6.45, 7) is 0.912. The molecule has 3 aliphatic carbocycles. The summed E-state index contributed by atoms with van der Waals surface area (Å²) in [6, 6.07) is -2.38. The van der Waals surface area contributed by atoms with Gasteiger partial charge in [-0.25, -0.2) is 0 Å². The summed E-state index contributed by atoms with van der Waals surface area (Å²) in [4.78, 5) is 28.1. The fraction of sp³-hybridized carbons (Fsp3) is 0.524. The van der Waals surface area contributed by atoms with Gasteiger partial charge in [-0.15, -0.1) is 0 Å². The molecule has 0 spiro atoms. The molecule has 1 unspecified atom stereocenters. The number of allylic oxidation sites excluding steroid dienone is 2. The Hall–Kier alpha value is -1.70. The number of rotatable bonds is 2. The van der Waals surface area contributed by atoms with Crippen LogP contribution in [0.5, 0.6) is 0 Å². The normalized spacial score (nSPS) is 42.4. The molecule has 0 radical (unpaired) electrons. The van der Waals surface area contributed by atoms with E-state index in [1.165, 1.54) is 0 Å². The summed E-state index contributed by atoms with van der Waals surface area (Å²) in [5, 5.41) is 0. The lowest BCUT2D eigenvalue weighted by Crippen LogP contribution is -2.57. The third kappa shape index (κ3) is 1.59. The molecule has 4 atom stereocenters. The van der Waals surface area contributed by atoms with Crippen LogP contribution in [0.2, 0.25) is 0 Å². The van der Waals surface area contributed by atoms with E-state index in [1.54, 1.807) is 6.08 Å². The van der Waals surface area contributed by atoms with Gasteiger partial charge >= 0.3 is 0 Å². The van der Waals surface area contributed by atoms with Crippen molar-refractivity contribution < 1.29 is 19.2 Å². The second-order valence-electron chi connectivity index (χ2n) is 7.38. The number of hydrogen-bond acceptors (Lipinski definition) is 2. The molecule has 2 nitrogen and oxygen atoms in total. The highest BCUT2D eigenvalue weighted by molar-refractivity contribution is 6.20. The molecular formula is C21H24O2. The molecule has 0 saturated heterocycles. The fourth-order valence-electron chi connectivity index (χ4n) is 5.12. The Kier molecular flexibility index (Phi) is 1.81. The van der Waals surface area contributed by atoms with Crippen molar-refractivity contribution in [2.24, 2.45) is 22.7 Å². The lowest BCUT2D eigenvalue weighted by atomic mass is 9.48. The number of carbonyl (C=O) groups is 2. The average Bonchev–Trinajstić information content (AvgIpc) is 3.24. The summed E-state index contributed by atoms with van der Waals surface area (Å²) >= 11 is 0. The molecule has 0 aliphatic heterocycles. The van der Waals surface area contributed by atoms with E-state index >= 15 is 0 Å². The van der Waals surface area contributed by atoms with E-state index in [4.69, 9.17) is 9.60 Å². The molecule has 120 valence electrons. The summed E-state index contributed by atoms with van der Waals surface area (Å²) in [5.74, 6) is -2.23. The van der Waals surface area contributed by atoms with Crippen LogP contribution in [-0.4, -0.2) is 11.6 Å². The SMILES string of the molecule is [2H]c1c([2H])c([2H])c2c(c1[2H])C(=O)C1(CC=C(C)C)[C@H]3CC[C@H](C3)[C@@]1(C([2H])([2H])[2H])C2=O. The van der Waals surface area contributed by atoms with E-state index in [0.29, 0.717) is 19.3 Å². The standard InChI is InChI=1S/C21H24O2/c1-13(2)10-11-21-15-9-8-14(12-15)20(21,3)18(22)16-6-4-5-7-17(16)19(21)23/h4-7,10,14-15H,8-9,11-12H2,1-3H3/t14-,15+,20+,21?/m1/s1/i3D3,4D,5D,6D,7D. The van der Waals surface area contributed by atoms with Crippen molar-refractivity contribution in [3.8, 4) is 0 Å². The fourth-order valence-corrected chi connectivity index (χ4v) is 5.12. The zero-order valence-corrected chi connectivity index (χ0v) is 13.4. The van der Waals surface area contributed by atoms with Crippen LogP contribution >= 0.6 is 0 Å². The van der Waals surface area contributed by atoms with Gasteiger partial charge in [-0.05, 0) is 51.4 Å². The molecule has 4 rings (SSSR count). The first-order valence-electron chi connectivity index (χ1n) is 11.7. The van der Waals surface area contributed by atoms with Crippen molar-refractivity contribution in [1.29, 1.82) is 0 Å². The molecule has 1 aromatic carbocycles. The van der Waals surface area contributed by atoms with Crippen LogP contribution in [-0.2, 0) is 0 Å². The third-order valence-corrected chi connectivity index (χ3v) is 6.18. The first kappa shape index (κ1) is 8.96. The van der Waals surface area contributed by atoms with E-state index < -0.39 is 64.9 Å². The monoisotopic (exact) mass is 315 g/mol. The Labute approximate surface area is 147 Å². The van der Waals surface area contributed by atoms with Crippen LogP contribution in [0.3, 0.4) is 0 Å².